The summed E-state index contributed by atoms with van der Waals surface area (Å²) in [5.41, 5.74) is 4.92. The van der Waals surface area contributed by atoms with Gasteiger partial charge in [0.2, 0.25) is 5.91 Å². The van der Waals surface area contributed by atoms with Crippen molar-refractivity contribution >= 4 is 17.9 Å². The molecule has 17 heavy (non-hydrogen) atoms. The number of carboxylic acids is 1. The smallest absolute Gasteiger partial charge is 0.323 e. The van der Waals surface area contributed by atoms with Crippen LogP contribution in [0.3, 0.4) is 0 Å². The first-order valence-corrected chi connectivity index (χ1v) is 4.91. The number of amides is 3. The molecule has 0 bridgehead atoms. The van der Waals surface area contributed by atoms with E-state index in [9.17, 15) is 14.4 Å². The van der Waals surface area contributed by atoms with Gasteiger partial charge in [0.1, 0.15) is 13.1 Å². The van der Waals surface area contributed by atoms with Crippen LogP contribution in [-0.4, -0.2) is 60.8 Å². The molecule has 1 atom stereocenters. The number of methoxy groups -OCH3 is 1. The standard InChI is InChI=1S/C9H17N3O5/c1-6(5-17-2)11-9(16)12(3-7(10)13)4-8(14)15/h6H,3-5H2,1-2H3,(H2,10,13)(H,11,16)(H,14,15). The Labute approximate surface area is 98.7 Å². The van der Waals surface area contributed by atoms with Gasteiger partial charge in [-0.3, -0.25) is 9.59 Å². The number of rotatable bonds is 7. The molecular weight excluding hydrogens is 230 g/mol. The topological polar surface area (TPSA) is 122 Å². The lowest BCUT2D eigenvalue weighted by atomic mass is 10.3. The molecule has 1 unspecified atom stereocenters. The van der Waals surface area contributed by atoms with Gasteiger partial charge in [0.05, 0.1) is 12.6 Å². The number of carbonyl (C=O) groups is 3. The minimum atomic E-state index is -1.22. The fraction of sp³-hybridized carbons (Fsp3) is 0.667. The Bertz CT molecular complexity index is 278. The maximum Gasteiger partial charge on any atom is 0.323 e. The predicted molar refractivity (Wildman–Crippen MR) is 58.3 cm³/mol. The molecule has 98 valence electrons. The number of carboxylic acid groups (broad SMARTS) is 1. The second-order valence-electron chi connectivity index (χ2n) is 3.52. The summed E-state index contributed by atoms with van der Waals surface area (Å²) >= 11 is 0. The van der Waals surface area contributed by atoms with Crippen LogP contribution in [0.4, 0.5) is 4.79 Å². The van der Waals surface area contributed by atoms with Crippen molar-refractivity contribution in [2.45, 2.75) is 13.0 Å². The second-order valence-corrected chi connectivity index (χ2v) is 3.52. The van der Waals surface area contributed by atoms with Gasteiger partial charge >= 0.3 is 12.0 Å². The third-order valence-electron chi connectivity index (χ3n) is 1.75. The van der Waals surface area contributed by atoms with Crippen LogP contribution >= 0.6 is 0 Å². The van der Waals surface area contributed by atoms with Crippen molar-refractivity contribution in [3.63, 3.8) is 0 Å². The monoisotopic (exact) mass is 247 g/mol. The van der Waals surface area contributed by atoms with E-state index in [-0.39, 0.29) is 12.6 Å². The number of hydrogen-bond acceptors (Lipinski definition) is 4. The maximum absolute atomic E-state index is 11.6. The van der Waals surface area contributed by atoms with E-state index in [1.165, 1.54) is 7.11 Å². The Balaban J connectivity index is 4.40. The van der Waals surface area contributed by atoms with Gasteiger partial charge in [0, 0.05) is 7.11 Å². The average Bonchev–Trinajstić information content (AvgIpc) is 2.15. The number of urea groups is 1. The third-order valence-corrected chi connectivity index (χ3v) is 1.75. The summed E-state index contributed by atoms with van der Waals surface area (Å²) in [5.74, 6) is -2.00. The number of hydrogen-bond donors (Lipinski definition) is 3. The zero-order chi connectivity index (χ0) is 13.4. The van der Waals surface area contributed by atoms with Crippen molar-refractivity contribution in [1.82, 2.24) is 10.2 Å². The van der Waals surface area contributed by atoms with Crippen LogP contribution in [0.25, 0.3) is 0 Å². The Morgan fingerprint density at radius 2 is 2.00 bits per heavy atom. The lowest BCUT2D eigenvalue weighted by Crippen LogP contribution is -2.49. The fourth-order valence-corrected chi connectivity index (χ4v) is 1.14. The molecule has 0 saturated carbocycles. The largest absolute Gasteiger partial charge is 0.480 e. The van der Waals surface area contributed by atoms with Crippen molar-refractivity contribution in [3.05, 3.63) is 0 Å². The van der Waals surface area contributed by atoms with E-state index < -0.39 is 31.0 Å². The van der Waals surface area contributed by atoms with Gasteiger partial charge in [-0.25, -0.2) is 4.79 Å². The highest BCUT2D eigenvalue weighted by Crippen LogP contribution is 1.92. The molecule has 0 aromatic carbocycles. The van der Waals surface area contributed by atoms with Crippen LogP contribution < -0.4 is 11.1 Å². The molecule has 0 aliphatic carbocycles. The van der Waals surface area contributed by atoms with Crippen LogP contribution in [0.15, 0.2) is 0 Å². The van der Waals surface area contributed by atoms with Gasteiger partial charge in [0.15, 0.2) is 0 Å². The lowest BCUT2D eigenvalue weighted by molar-refractivity contribution is -0.137. The van der Waals surface area contributed by atoms with Crippen molar-refractivity contribution in [2.24, 2.45) is 5.73 Å². The summed E-state index contributed by atoms with van der Waals surface area (Å²) in [6, 6.07) is -0.965. The Kier molecular flexibility index (Phi) is 6.64. The van der Waals surface area contributed by atoms with E-state index in [1.54, 1.807) is 6.92 Å². The average molecular weight is 247 g/mol. The van der Waals surface area contributed by atoms with Crippen molar-refractivity contribution in [3.8, 4) is 0 Å². The molecule has 0 aromatic rings. The van der Waals surface area contributed by atoms with Crippen molar-refractivity contribution in [2.75, 3.05) is 26.8 Å². The molecule has 8 nitrogen and oxygen atoms in total. The normalized spacial score (nSPS) is 11.6. The van der Waals surface area contributed by atoms with Crippen LogP contribution in [0.2, 0.25) is 0 Å². The summed E-state index contributed by atoms with van der Waals surface area (Å²) in [6.07, 6.45) is 0. The Hall–Kier alpha value is -1.83. The number of aliphatic carboxylic acids is 1. The van der Waals surface area contributed by atoms with E-state index in [0.29, 0.717) is 0 Å². The molecular formula is C9H17N3O5. The van der Waals surface area contributed by atoms with Gasteiger partial charge < -0.3 is 25.8 Å². The lowest BCUT2D eigenvalue weighted by Gasteiger charge is -2.22. The SMILES string of the molecule is COCC(C)NC(=O)N(CC(N)=O)CC(=O)O. The molecule has 3 amide bonds. The predicted octanol–water partition coefficient (Wildman–Crippen LogP) is -1.40. The summed E-state index contributed by atoms with van der Waals surface area (Å²) < 4.78 is 4.81. The first-order chi connectivity index (χ1) is 7.86. The summed E-state index contributed by atoms with van der Waals surface area (Å²) in [5, 5.41) is 11.1. The molecule has 0 radical (unpaired) electrons. The zero-order valence-corrected chi connectivity index (χ0v) is 9.80. The van der Waals surface area contributed by atoms with E-state index in [1.807, 2.05) is 0 Å². The molecule has 0 rings (SSSR count). The molecule has 0 fully saturated rings. The first-order valence-electron chi connectivity index (χ1n) is 4.91. The van der Waals surface area contributed by atoms with Gasteiger partial charge in [0.25, 0.3) is 0 Å². The number of carbonyl (C=O) groups excluding carboxylic acids is 2. The third kappa shape index (κ3) is 7.12. The van der Waals surface area contributed by atoms with E-state index in [0.717, 1.165) is 4.90 Å². The van der Waals surface area contributed by atoms with Gasteiger partial charge in [-0.15, -0.1) is 0 Å². The highest BCUT2D eigenvalue weighted by molar-refractivity contribution is 5.86. The quantitative estimate of drug-likeness (QED) is 0.511. The van der Waals surface area contributed by atoms with E-state index in [4.69, 9.17) is 15.6 Å². The summed E-state index contributed by atoms with van der Waals surface area (Å²) in [4.78, 5) is 33.6. The fourth-order valence-electron chi connectivity index (χ4n) is 1.14. The summed E-state index contributed by atoms with van der Waals surface area (Å²) in [6.45, 7) is 0.931. The minimum Gasteiger partial charge on any atom is -0.480 e. The minimum absolute atomic E-state index is 0.281. The molecule has 0 aromatic heterocycles. The van der Waals surface area contributed by atoms with Crippen LogP contribution in [-0.2, 0) is 14.3 Å². The number of ether oxygens (including phenoxy) is 1. The van der Waals surface area contributed by atoms with Crippen LogP contribution in [0.5, 0.6) is 0 Å². The van der Waals surface area contributed by atoms with Gasteiger partial charge in [-0.2, -0.15) is 0 Å². The van der Waals surface area contributed by atoms with Gasteiger partial charge in [-0.05, 0) is 6.92 Å². The second kappa shape index (κ2) is 7.44. The van der Waals surface area contributed by atoms with E-state index >= 15 is 0 Å². The number of nitrogens with two attached hydrogens (primary N) is 1. The van der Waals surface area contributed by atoms with Crippen LogP contribution in [0.1, 0.15) is 6.92 Å². The molecule has 0 saturated heterocycles. The van der Waals surface area contributed by atoms with Gasteiger partial charge in [-0.1, -0.05) is 0 Å². The summed E-state index contributed by atoms with van der Waals surface area (Å²) in [7, 11) is 1.47. The number of nitrogens with one attached hydrogen (secondary N) is 1. The highest BCUT2D eigenvalue weighted by Gasteiger charge is 2.19. The highest BCUT2D eigenvalue weighted by atomic mass is 16.5. The number of nitrogens with zero attached hydrogens (tertiary/aromatic N) is 1. The molecule has 0 heterocycles. The molecule has 0 spiro atoms. The molecule has 8 heteroatoms. The Morgan fingerprint density at radius 1 is 1.41 bits per heavy atom. The molecule has 4 N–H and O–H groups in total. The van der Waals surface area contributed by atoms with Crippen LogP contribution in [0, 0.1) is 0 Å². The van der Waals surface area contributed by atoms with Crippen molar-refractivity contribution in [1.29, 1.82) is 0 Å². The van der Waals surface area contributed by atoms with E-state index in [2.05, 4.69) is 5.32 Å². The molecule has 0 aliphatic rings. The number of primary amides is 1. The zero-order valence-electron chi connectivity index (χ0n) is 9.80. The first kappa shape index (κ1) is 15.2. The Morgan fingerprint density at radius 3 is 2.41 bits per heavy atom. The van der Waals surface area contributed by atoms with Crippen molar-refractivity contribution < 1.29 is 24.2 Å². The molecule has 0 aliphatic heterocycles. The maximum atomic E-state index is 11.6.